The van der Waals surface area contributed by atoms with Crippen molar-refractivity contribution in [3.8, 4) is 0 Å². The van der Waals surface area contributed by atoms with Crippen LogP contribution in [0.5, 0.6) is 0 Å². The number of rotatable bonds is 5. The van der Waals surface area contributed by atoms with E-state index in [2.05, 4.69) is 41.5 Å². The monoisotopic (exact) mass is 466 g/mol. The van der Waals surface area contributed by atoms with Gasteiger partial charge in [-0.15, -0.1) is 24.0 Å². The number of nitrogens with zero attached hydrogens (tertiary/aromatic N) is 4. The lowest BCUT2D eigenvalue weighted by atomic mass is 10.2. The molecule has 2 aliphatic rings. The number of likely N-dealkylation sites (N-methyl/N-ethyl adjacent to an activating group) is 2. The van der Waals surface area contributed by atoms with Crippen molar-refractivity contribution < 1.29 is 4.79 Å². The highest BCUT2D eigenvalue weighted by Crippen LogP contribution is 2.11. The Hall–Kier alpha value is -0.610. The smallest absolute Gasteiger partial charge is 0.222 e. The normalized spacial score (nSPS) is 25.6. The molecule has 0 aromatic carbocycles. The molecule has 2 saturated heterocycles. The standard InChI is InChI=1S/C17H34N6O.HI/c1-5-16(24)23-8-7-14(12-23)20-17(18-6-2)19-11-15-13-21(3)9-10-22(15)4;/h14-15H,5-13H2,1-4H3,(H2,18,19,20);1H. The molecule has 2 heterocycles. The minimum atomic E-state index is 0. The van der Waals surface area contributed by atoms with E-state index in [1.807, 2.05) is 11.8 Å². The van der Waals surface area contributed by atoms with Gasteiger partial charge in [-0.1, -0.05) is 6.92 Å². The van der Waals surface area contributed by atoms with E-state index in [0.717, 1.165) is 58.2 Å². The van der Waals surface area contributed by atoms with Gasteiger partial charge in [0, 0.05) is 57.8 Å². The number of halogens is 1. The third-order valence-corrected chi connectivity index (χ3v) is 4.97. The third-order valence-electron chi connectivity index (χ3n) is 4.97. The maximum atomic E-state index is 11.8. The van der Waals surface area contributed by atoms with Gasteiger partial charge in [-0.05, 0) is 27.4 Å². The van der Waals surface area contributed by atoms with E-state index in [9.17, 15) is 4.79 Å². The predicted molar refractivity (Wildman–Crippen MR) is 114 cm³/mol. The highest BCUT2D eigenvalue weighted by Gasteiger charge is 2.26. The van der Waals surface area contributed by atoms with Crippen molar-refractivity contribution in [2.45, 2.75) is 38.8 Å². The Labute approximate surface area is 169 Å². The second-order valence-corrected chi connectivity index (χ2v) is 6.94. The van der Waals surface area contributed by atoms with Gasteiger partial charge in [-0.2, -0.15) is 0 Å². The summed E-state index contributed by atoms with van der Waals surface area (Å²) >= 11 is 0. The Balaban J connectivity index is 0.00000312. The molecule has 1 amide bonds. The maximum absolute atomic E-state index is 11.8. The number of hydrogen-bond acceptors (Lipinski definition) is 4. The first-order valence-corrected chi connectivity index (χ1v) is 9.24. The second kappa shape index (κ2) is 11.2. The summed E-state index contributed by atoms with van der Waals surface area (Å²) in [5.74, 6) is 1.11. The predicted octanol–water partition coefficient (Wildman–Crippen LogP) is 0.416. The molecule has 0 aromatic rings. The van der Waals surface area contributed by atoms with Gasteiger partial charge in [0.1, 0.15) is 0 Å². The lowest BCUT2D eigenvalue weighted by molar-refractivity contribution is -0.129. The van der Waals surface area contributed by atoms with Crippen LogP contribution in [0.15, 0.2) is 4.99 Å². The molecule has 0 spiro atoms. The average Bonchev–Trinajstić information content (AvgIpc) is 3.03. The van der Waals surface area contributed by atoms with Gasteiger partial charge in [0.05, 0.1) is 6.54 Å². The largest absolute Gasteiger partial charge is 0.357 e. The van der Waals surface area contributed by atoms with Crippen molar-refractivity contribution >= 4 is 35.8 Å². The van der Waals surface area contributed by atoms with Crippen molar-refractivity contribution in [2.24, 2.45) is 4.99 Å². The number of amides is 1. The first kappa shape index (κ1) is 22.4. The van der Waals surface area contributed by atoms with Crippen LogP contribution < -0.4 is 10.6 Å². The second-order valence-electron chi connectivity index (χ2n) is 6.94. The molecule has 8 heteroatoms. The Morgan fingerprint density at radius 2 is 1.92 bits per heavy atom. The van der Waals surface area contributed by atoms with Crippen LogP contribution >= 0.6 is 24.0 Å². The van der Waals surface area contributed by atoms with E-state index in [1.165, 1.54) is 0 Å². The van der Waals surface area contributed by atoms with Crippen molar-refractivity contribution in [2.75, 3.05) is 59.9 Å². The Kier molecular flexibility index (Phi) is 10.0. The van der Waals surface area contributed by atoms with Gasteiger partial charge in [0.2, 0.25) is 5.91 Å². The molecule has 0 radical (unpaired) electrons. The summed E-state index contributed by atoms with van der Waals surface area (Å²) in [6.45, 7) is 10.5. The van der Waals surface area contributed by atoms with E-state index >= 15 is 0 Å². The lowest BCUT2D eigenvalue weighted by Gasteiger charge is -2.37. The number of hydrogen-bond donors (Lipinski definition) is 2. The fourth-order valence-electron chi connectivity index (χ4n) is 3.34. The van der Waals surface area contributed by atoms with Gasteiger partial charge in [0.15, 0.2) is 5.96 Å². The van der Waals surface area contributed by atoms with Gasteiger partial charge in [0.25, 0.3) is 0 Å². The molecule has 0 aromatic heterocycles. The Morgan fingerprint density at radius 3 is 2.60 bits per heavy atom. The zero-order valence-corrected chi connectivity index (χ0v) is 18.5. The SMILES string of the molecule is CCNC(=NCC1CN(C)CCN1C)NC1CCN(C(=O)CC)C1.I. The van der Waals surface area contributed by atoms with Crippen LogP contribution in [-0.2, 0) is 4.79 Å². The zero-order valence-electron chi connectivity index (χ0n) is 16.1. The first-order valence-electron chi connectivity index (χ1n) is 9.24. The zero-order chi connectivity index (χ0) is 17.5. The van der Waals surface area contributed by atoms with Crippen molar-refractivity contribution in [3.63, 3.8) is 0 Å². The molecule has 2 unspecified atom stereocenters. The quantitative estimate of drug-likeness (QED) is 0.350. The number of likely N-dealkylation sites (tertiary alicyclic amines) is 1. The summed E-state index contributed by atoms with van der Waals surface area (Å²) in [5, 5.41) is 6.84. The molecule has 2 N–H and O–H groups in total. The summed E-state index contributed by atoms with van der Waals surface area (Å²) < 4.78 is 0. The molecule has 0 aliphatic carbocycles. The molecule has 2 atom stereocenters. The highest BCUT2D eigenvalue weighted by atomic mass is 127. The number of piperazine rings is 1. The topological polar surface area (TPSA) is 63.2 Å². The molecule has 2 fully saturated rings. The van der Waals surface area contributed by atoms with Crippen LogP contribution in [0.4, 0.5) is 0 Å². The summed E-state index contributed by atoms with van der Waals surface area (Å²) in [5.41, 5.74) is 0. The molecule has 7 nitrogen and oxygen atoms in total. The number of carbonyl (C=O) groups is 1. The van der Waals surface area contributed by atoms with Crippen LogP contribution in [0.2, 0.25) is 0 Å². The summed E-state index contributed by atoms with van der Waals surface area (Å²) in [7, 11) is 4.35. The fourth-order valence-corrected chi connectivity index (χ4v) is 3.34. The Bertz CT molecular complexity index is 447. The number of aliphatic imine (C=N–C) groups is 1. The molecule has 2 rings (SSSR count). The molecule has 25 heavy (non-hydrogen) atoms. The maximum Gasteiger partial charge on any atom is 0.222 e. The lowest BCUT2D eigenvalue weighted by Crippen LogP contribution is -2.52. The molecule has 146 valence electrons. The summed E-state index contributed by atoms with van der Waals surface area (Å²) in [6.07, 6.45) is 1.57. The molecule has 2 aliphatic heterocycles. The Morgan fingerprint density at radius 1 is 1.16 bits per heavy atom. The minimum Gasteiger partial charge on any atom is -0.357 e. The van der Waals surface area contributed by atoms with E-state index in [-0.39, 0.29) is 29.9 Å². The minimum absolute atomic E-state index is 0. The van der Waals surface area contributed by atoms with Gasteiger partial charge in [-0.25, -0.2) is 0 Å². The van der Waals surface area contributed by atoms with E-state index in [4.69, 9.17) is 4.99 Å². The van der Waals surface area contributed by atoms with Crippen LogP contribution in [0.3, 0.4) is 0 Å². The van der Waals surface area contributed by atoms with Crippen molar-refractivity contribution in [1.29, 1.82) is 0 Å². The summed E-state index contributed by atoms with van der Waals surface area (Å²) in [6, 6.07) is 0.756. The number of carbonyl (C=O) groups excluding carboxylic acids is 1. The van der Waals surface area contributed by atoms with Crippen LogP contribution in [0, 0.1) is 0 Å². The highest BCUT2D eigenvalue weighted by molar-refractivity contribution is 14.0. The molecular formula is C17H35IN6O. The van der Waals surface area contributed by atoms with Crippen molar-refractivity contribution in [1.82, 2.24) is 25.3 Å². The molecular weight excluding hydrogens is 431 g/mol. The van der Waals surface area contributed by atoms with Crippen LogP contribution in [0.25, 0.3) is 0 Å². The number of guanidine groups is 1. The number of nitrogens with one attached hydrogen (secondary N) is 2. The summed E-state index contributed by atoms with van der Waals surface area (Å²) in [4.78, 5) is 23.3. The molecule has 0 saturated carbocycles. The van der Waals surface area contributed by atoms with Gasteiger partial charge in [-0.3, -0.25) is 14.7 Å². The van der Waals surface area contributed by atoms with Crippen molar-refractivity contribution in [3.05, 3.63) is 0 Å². The average molecular weight is 466 g/mol. The first-order chi connectivity index (χ1) is 11.5. The third kappa shape index (κ3) is 6.90. The van der Waals surface area contributed by atoms with Crippen LogP contribution in [0.1, 0.15) is 26.7 Å². The van der Waals surface area contributed by atoms with E-state index in [1.54, 1.807) is 0 Å². The van der Waals surface area contributed by atoms with Gasteiger partial charge < -0.3 is 20.4 Å². The van der Waals surface area contributed by atoms with E-state index in [0.29, 0.717) is 18.5 Å². The van der Waals surface area contributed by atoms with E-state index < -0.39 is 0 Å². The van der Waals surface area contributed by atoms with Crippen LogP contribution in [-0.4, -0.2) is 98.6 Å². The fraction of sp³-hybridized carbons (Fsp3) is 0.882. The van der Waals surface area contributed by atoms with Gasteiger partial charge >= 0.3 is 0 Å². The molecule has 0 bridgehead atoms.